The smallest absolute Gasteiger partial charge is 0.238 e. The number of hydrogen-bond donors (Lipinski definition) is 2. The zero-order valence-electron chi connectivity index (χ0n) is 11.1. The van der Waals surface area contributed by atoms with Gasteiger partial charge in [0.05, 0.1) is 6.54 Å². The molecule has 2 aliphatic rings. The maximum atomic E-state index is 12.0. The molecular formula is C15H21N3O. The van der Waals surface area contributed by atoms with E-state index in [1.54, 1.807) is 0 Å². The predicted molar refractivity (Wildman–Crippen MR) is 76.0 cm³/mol. The largest absolute Gasteiger partial charge is 0.325 e. The molecule has 1 aromatic rings. The Hall–Kier alpha value is -1.39. The Labute approximate surface area is 114 Å². The number of carbonyl (C=O) groups excluding carboxylic acids is 1. The van der Waals surface area contributed by atoms with Gasteiger partial charge in [-0.25, -0.2) is 0 Å². The van der Waals surface area contributed by atoms with Crippen molar-refractivity contribution in [2.75, 3.05) is 31.5 Å². The second kappa shape index (κ2) is 5.72. The van der Waals surface area contributed by atoms with Crippen molar-refractivity contribution in [1.82, 2.24) is 10.2 Å². The SMILES string of the molecule is O=C(CN1C[C@@H]2CCCN[C@@H]2C1)Nc1ccccc1. The van der Waals surface area contributed by atoms with Crippen molar-refractivity contribution in [3.8, 4) is 0 Å². The normalized spacial score (nSPS) is 26.9. The van der Waals surface area contributed by atoms with E-state index in [0.717, 1.165) is 31.2 Å². The van der Waals surface area contributed by atoms with Crippen LogP contribution in [0.3, 0.4) is 0 Å². The van der Waals surface area contributed by atoms with E-state index in [-0.39, 0.29) is 5.91 Å². The molecule has 1 amide bonds. The molecule has 0 radical (unpaired) electrons. The lowest BCUT2D eigenvalue weighted by atomic mass is 9.94. The van der Waals surface area contributed by atoms with E-state index < -0.39 is 0 Å². The maximum Gasteiger partial charge on any atom is 0.238 e. The molecule has 0 bridgehead atoms. The average Bonchev–Trinajstić information content (AvgIpc) is 2.81. The van der Waals surface area contributed by atoms with Gasteiger partial charge in [0.2, 0.25) is 5.91 Å². The Balaban J connectivity index is 1.50. The number of carbonyl (C=O) groups is 1. The van der Waals surface area contributed by atoms with Crippen LogP contribution in [0.5, 0.6) is 0 Å². The number of para-hydroxylation sites is 1. The lowest BCUT2D eigenvalue weighted by molar-refractivity contribution is -0.117. The van der Waals surface area contributed by atoms with Crippen LogP contribution in [-0.4, -0.2) is 43.0 Å². The van der Waals surface area contributed by atoms with Gasteiger partial charge in [0, 0.05) is 24.8 Å². The highest BCUT2D eigenvalue weighted by Crippen LogP contribution is 2.24. The molecule has 4 nitrogen and oxygen atoms in total. The van der Waals surface area contributed by atoms with Crippen molar-refractivity contribution in [1.29, 1.82) is 0 Å². The molecule has 2 heterocycles. The number of fused-ring (bicyclic) bond motifs is 1. The second-order valence-electron chi connectivity index (χ2n) is 5.57. The van der Waals surface area contributed by atoms with Crippen molar-refractivity contribution in [3.05, 3.63) is 30.3 Å². The van der Waals surface area contributed by atoms with Crippen LogP contribution in [0.25, 0.3) is 0 Å². The molecule has 0 aromatic heterocycles. The van der Waals surface area contributed by atoms with E-state index in [0.29, 0.717) is 12.6 Å². The Morgan fingerprint density at radius 2 is 2.16 bits per heavy atom. The van der Waals surface area contributed by atoms with Crippen LogP contribution in [-0.2, 0) is 4.79 Å². The minimum Gasteiger partial charge on any atom is -0.325 e. The van der Waals surface area contributed by atoms with Gasteiger partial charge in [-0.1, -0.05) is 18.2 Å². The quantitative estimate of drug-likeness (QED) is 0.860. The van der Waals surface area contributed by atoms with Crippen molar-refractivity contribution < 1.29 is 4.79 Å². The fraction of sp³-hybridized carbons (Fsp3) is 0.533. The fourth-order valence-corrected chi connectivity index (χ4v) is 3.19. The Bertz CT molecular complexity index is 420. The van der Waals surface area contributed by atoms with Gasteiger partial charge in [0.1, 0.15) is 0 Å². The molecule has 102 valence electrons. The van der Waals surface area contributed by atoms with Gasteiger partial charge in [-0.05, 0) is 37.4 Å². The zero-order chi connectivity index (χ0) is 13.1. The lowest BCUT2D eigenvalue weighted by Gasteiger charge is -2.24. The number of nitrogens with one attached hydrogen (secondary N) is 2. The minimum absolute atomic E-state index is 0.0878. The second-order valence-corrected chi connectivity index (χ2v) is 5.57. The summed E-state index contributed by atoms with van der Waals surface area (Å²) in [4.78, 5) is 14.3. The molecule has 2 fully saturated rings. The zero-order valence-corrected chi connectivity index (χ0v) is 11.1. The van der Waals surface area contributed by atoms with Crippen molar-refractivity contribution in [3.63, 3.8) is 0 Å². The first-order valence-corrected chi connectivity index (χ1v) is 7.12. The highest BCUT2D eigenvalue weighted by molar-refractivity contribution is 5.92. The highest BCUT2D eigenvalue weighted by Gasteiger charge is 2.34. The van der Waals surface area contributed by atoms with Crippen molar-refractivity contribution in [2.45, 2.75) is 18.9 Å². The van der Waals surface area contributed by atoms with Crippen LogP contribution in [0.2, 0.25) is 0 Å². The first-order chi connectivity index (χ1) is 9.31. The first kappa shape index (κ1) is 12.6. The number of amides is 1. The van der Waals surface area contributed by atoms with Crippen molar-refractivity contribution in [2.24, 2.45) is 5.92 Å². The van der Waals surface area contributed by atoms with Gasteiger partial charge in [-0.3, -0.25) is 9.69 Å². The van der Waals surface area contributed by atoms with Crippen LogP contribution < -0.4 is 10.6 Å². The van der Waals surface area contributed by atoms with E-state index >= 15 is 0 Å². The number of benzene rings is 1. The van der Waals surface area contributed by atoms with Gasteiger partial charge in [0.25, 0.3) is 0 Å². The van der Waals surface area contributed by atoms with Crippen LogP contribution in [0.15, 0.2) is 30.3 Å². The van der Waals surface area contributed by atoms with E-state index in [4.69, 9.17) is 0 Å². The molecule has 2 aliphatic heterocycles. The molecule has 0 saturated carbocycles. The van der Waals surface area contributed by atoms with E-state index in [1.807, 2.05) is 30.3 Å². The molecule has 2 saturated heterocycles. The predicted octanol–water partition coefficient (Wildman–Crippen LogP) is 1.31. The molecule has 1 aromatic carbocycles. The number of nitrogens with zero attached hydrogens (tertiary/aromatic N) is 1. The Kier molecular flexibility index (Phi) is 3.80. The van der Waals surface area contributed by atoms with Gasteiger partial charge >= 0.3 is 0 Å². The summed E-state index contributed by atoms with van der Waals surface area (Å²) >= 11 is 0. The third-order valence-electron chi connectivity index (χ3n) is 4.10. The third kappa shape index (κ3) is 3.14. The van der Waals surface area contributed by atoms with Gasteiger partial charge < -0.3 is 10.6 Å². The summed E-state index contributed by atoms with van der Waals surface area (Å²) in [6.07, 6.45) is 2.57. The minimum atomic E-state index is 0.0878. The average molecular weight is 259 g/mol. The van der Waals surface area contributed by atoms with Crippen LogP contribution in [0.1, 0.15) is 12.8 Å². The topological polar surface area (TPSA) is 44.4 Å². The molecule has 0 aliphatic carbocycles. The fourth-order valence-electron chi connectivity index (χ4n) is 3.19. The molecule has 0 unspecified atom stereocenters. The van der Waals surface area contributed by atoms with Crippen molar-refractivity contribution >= 4 is 11.6 Å². The molecule has 4 heteroatoms. The standard InChI is InChI=1S/C15H21N3O/c19-15(17-13-6-2-1-3-7-13)11-18-9-12-5-4-8-16-14(12)10-18/h1-3,6-7,12,14,16H,4-5,8-11H2,(H,17,19)/t12-,14+/m0/s1. The van der Waals surface area contributed by atoms with Gasteiger partial charge in [-0.15, -0.1) is 0 Å². The summed E-state index contributed by atoms with van der Waals surface area (Å²) in [5.41, 5.74) is 0.877. The molecule has 2 atom stereocenters. The summed E-state index contributed by atoms with van der Waals surface area (Å²) in [5.74, 6) is 0.822. The highest BCUT2D eigenvalue weighted by atomic mass is 16.2. The number of piperidine rings is 1. The third-order valence-corrected chi connectivity index (χ3v) is 4.10. The summed E-state index contributed by atoms with van der Waals surface area (Å²) in [6.45, 7) is 3.70. The number of anilines is 1. The van der Waals surface area contributed by atoms with Crippen LogP contribution >= 0.6 is 0 Å². The Morgan fingerprint density at radius 1 is 1.32 bits per heavy atom. The number of hydrogen-bond acceptors (Lipinski definition) is 3. The molecule has 3 rings (SSSR count). The maximum absolute atomic E-state index is 12.0. The van der Waals surface area contributed by atoms with E-state index in [2.05, 4.69) is 15.5 Å². The lowest BCUT2D eigenvalue weighted by Crippen LogP contribution is -2.41. The van der Waals surface area contributed by atoms with E-state index in [1.165, 1.54) is 12.8 Å². The Morgan fingerprint density at radius 3 is 2.95 bits per heavy atom. The van der Waals surface area contributed by atoms with Gasteiger partial charge in [0.15, 0.2) is 0 Å². The monoisotopic (exact) mass is 259 g/mol. The molecule has 0 spiro atoms. The van der Waals surface area contributed by atoms with Gasteiger partial charge in [-0.2, -0.15) is 0 Å². The summed E-state index contributed by atoms with van der Waals surface area (Å²) in [7, 11) is 0. The summed E-state index contributed by atoms with van der Waals surface area (Å²) < 4.78 is 0. The number of likely N-dealkylation sites (tertiary alicyclic amines) is 1. The first-order valence-electron chi connectivity index (χ1n) is 7.12. The number of rotatable bonds is 3. The summed E-state index contributed by atoms with van der Waals surface area (Å²) in [5, 5.41) is 6.51. The van der Waals surface area contributed by atoms with Crippen LogP contribution in [0.4, 0.5) is 5.69 Å². The van der Waals surface area contributed by atoms with E-state index in [9.17, 15) is 4.79 Å². The molecular weight excluding hydrogens is 238 g/mol. The molecule has 2 N–H and O–H groups in total. The van der Waals surface area contributed by atoms with Crippen LogP contribution in [0, 0.1) is 5.92 Å². The summed E-state index contributed by atoms with van der Waals surface area (Å²) in [6, 6.07) is 10.3. The molecule has 19 heavy (non-hydrogen) atoms.